The molecule has 1 aromatic heterocycles. The number of hydrogen-bond donors (Lipinski definition) is 2. The molecule has 1 atom stereocenters. The maximum absolute atomic E-state index is 10.8. The van der Waals surface area contributed by atoms with Crippen LogP contribution in [-0.2, 0) is 4.79 Å². The van der Waals surface area contributed by atoms with Gasteiger partial charge in [-0.25, -0.2) is 9.78 Å². The largest absolute Gasteiger partial charge is 0.480 e. The zero-order valence-electron chi connectivity index (χ0n) is 9.51. The topological polar surface area (TPSA) is 105 Å². The van der Waals surface area contributed by atoms with Crippen LogP contribution >= 0.6 is 0 Å². The molecule has 0 aliphatic carbocycles. The molecule has 1 unspecified atom stereocenters. The van der Waals surface area contributed by atoms with Crippen molar-refractivity contribution in [2.45, 2.75) is 26.3 Å². The molecule has 0 aliphatic rings. The summed E-state index contributed by atoms with van der Waals surface area (Å²) in [6.45, 7) is 3.36. The first-order valence-electron chi connectivity index (χ1n) is 5.06. The summed E-state index contributed by atoms with van der Waals surface area (Å²) in [5.74, 6) is -0.628. The highest BCUT2D eigenvalue weighted by molar-refractivity contribution is 5.77. The summed E-state index contributed by atoms with van der Waals surface area (Å²) < 4.78 is 0. The fourth-order valence-corrected chi connectivity index (χ4v) is 1.31. The normalized spacial score (nSPS) is 11.9. The number of aliphatic carboxylic acids is 1. The Morgan fingerprint density at radius 3 is 2.76 bits per heavy atom. The third-order valence-corrected chi connectivity index (χ3v) is 2.29. The van der Waals surface area contributed by atoms with E-state index in [0.717, 1.165) is 6.20 Å². The lowest BCUT2D eigenvalue weighted by molar-refractivity contribution is -0.385. The number of anilines is 1. The molecule has 7 nitrogen and oxygen atoms in total. The fourth-order valence-electron chi connectivity index (χ4n) is 1.31. The molecule has 0 saturated carbocycles. The molecular weight excluding hydrogens is 226 g/mol. The van der Waals surface area contributed by atoms with E-state index in [1.807, 2.05) is 0 Å². The second kappa shape index (κ2) is 5.24. The van der Waals surface area contributed by atoms with E-state index in [1.54, 1.807) is 13.8 Å². The maximum atomic E-state index is 10.8. The Morgan fingerprint density at radius 1 is 1.71 bits per heavy atom. The molecule has 1 rings (SSSR count). The summed E-state index contributed by atoms with van der Waals surface area (Å²) >= 11 is 0. The SMILES string of the molecule is CCC(Nc1ncc([N+](=O)[O-])cc1C)C(=O)O. The van der Waals surface area contributed by atoms with Gasteiger partial charge in [0.25, 0.3) is 5.69 Å². The van der Waals surface area contributed by atoms with E-state index < -0.39 is 16.9 Å². The van der Waals surface area contributed by atoms with Crippen LogP contribution in [0.2, 0.25) is 0 Å². The Morgan fingerprint density at radius 2 is 2.35 bits per heavy atom. The lowest BCUT2D eigenvalue weighted by Crippen LogP contribution is -2.29. The molecule has 17 heavy (non-hydrogen) atoms. The number of rotatable bonds is 5. The molecule has 2 N–H and O–H groups in total. The molecule has 92 valence electrons. The van der Waals surface area contributed by atoms with Crippen LogP contribution in [0.4, 0.5) is 11.5 Å². The molecule has 0 aromatic carbocycles. The highest BCUT2D eigenvalue weighted by Gasteiger charge is 2.17. The number of carboxylic acid groups (broad SMARTS) is 1. The van der Waals surface area contributed by atoms with Gasteiger partial charge >= 0.3 is 5.97 Å². The van der Waals surface area contributed by atoms with Crippen molar-refractivity contribution < 1.29 is 14.8 Å². The van der Waals surface area contributed by atoms with Crippen molar-refractivity contribution in [1.82, 2.24) is 4.98 Å². The Kier molecular flexibility index (Phi) is 3.97. The maximum Gasteiger partial charge on any atom is 0.326 e. The van der Waals surface area contributed by atoms with E-state index in [-0.39, 0.29) is 5.69 Å². The lowest BCUT2D eigenvalue weighted by atomic mass is 10.2. The lowest BCUT2D eigenvalue weighted by Gasteiger charge is -2.14. The summed E-state index contributed by atoms with van der Waals surface area (Å²) in [5, 5.41) is 22.1. The molecule has 0 aliphatic heterocycles. The number of carbonyl (C=O) groups is 1. The van der Waals surface area contributed by atoms with Crippen molar-refractivity contribution in [3.63, 3.8) is 0 Å². The van der Waals surface area contributed by atoms with Gasteiger partial charge in [0.2, 0.25) is 0 Å². The van der Waals surface area contributed by atoms with E-state index in [2.05, 4.69) is 10.3 Å². The van der Waals surface area contributed by atoms with E-state index in [0.29, 0.717) is 17.8 Å². The van der Waals surface area contributed by atoms with Crippen molar-refractivity contribution in [2.75, 3.05) is 5.32 Å². The molecule has 0 spiro atoms. The zero-order chi connectivity index (χ0) is 13.0. The van der Waals surface area contributed by atoms with Crippen LogP contribution < -0.4 is 5.32 Å². The number of nitro groups is 1. The van der Waals surface area contributed by atoms with Gasteiger partial charge < -0.3 is 10.4 Å². The number of aromatic nitrogens is 1. The number of aryl methyl sites for hydroxylation is 1. The van der Waals surface area contributed by atoms with Crippen LogP contribution in [0.25, 0.3) is 0 Å². The minimum Gasteiger partial charge on any atom is -0.480 e. The van der Waals surface area contributed by atoms with Gasteiger partial charge in [-0.15, -0.1) is 0 Å². The number of nitrogens with one attached hydrogen (secondary N) is 1. The van der Waals surface area contributed by atoms with Crippen LogP contribution in [0.5, 0.6) is 0 Å². The van der Waals surface area contributed by atoms with Crippen molar-refractivity contribution in [3.05, 3.63) is 27.9 Å². The minimum atomic E-state index is -0.980. The average Bonchev–Trinajstić information content (AvgIpc) is 2.26. The number of hydrogen-bond acceptors (Lipinski definition) is 5. The predicted molar refractivity (Wildman–Crippen MR) is 61.0 cm³/mol. The van der Waals surface area contributed by atoms with Gasteiger partial charge in [0, 0.05) is 6.07 Å². The molecule has 0 radical (unpaired) electrons. The second-order valence-electron chi connectivity index (χ2n) is 3.56. The zero-order valence-corrected chi connectivity index (χ0v) is 9.51. The molecule has 7 heteroatoms. The molecule has 0 amide bonds. The first kappa shape index (κ1) is 12.9. The third kappa shape index (κ3) is 3.13. The molecule has 1 heterocycles. The van der Waals surface area contributed by atoms with E-state index in [4.69, 9.17) is 5.11 Å². The molecule has 0 saturated heterocycles. The fraction of sp³-hybridized carbons (Fsp3) is 0.400. The van der Waals surface area contributed by atoms with Gasteiger partial charge in [-0.05, 0) is 18.9 Å². The molecule has 0 fully saturated rings. The average molecular weight is 239 g/mol. The van der Waals surface area contributed by atoms with E-state index in [1.165, 1.54) is 6.07 Å². The Labute approximate surface area is 97.6 Å². The monoisotopic (exact) mass is 239 g/mol. The predicted octanol–water partition coefficient (Wildman–Crippen LogP) is 1.57. The third-order valence-electron chi connectivity index (χ3n) is 2.29. The Balaban J connectivity index is 2.93. The van der Waals surface area contributed by atoms with Crippen LogP contribution in [0.1, 0.15) is 18.9 Å². The van der Waals surface area contributed by atoms with E-state index >= 15 is 0 Å². The minimum absolute atomic E-state index is 0.114. The van der Waals surface area contributed by atoms with Crippen LogP contribution in [-0.4, -0.2) is 27.0 Å². The summed E-state index contributed by atoms with van der Waals surface area (Å²) in [5.41, 5.74) is 0.426. The second-order valence-corrected chi connectivity index (χ2v) is 3.56. The van der Waals surface area contributed by atoms with Crippen LogP contribution in [0.3, 0.4) is 0 Å². The first-order valence-corrected chi connectivity index (χ1v) is 5.06. The summed E-state index contributed by atoms with van der Waals surface area (Å²) in [7, 11) is 0. The van der Waals surface area contributed by atoms with Gasteiger partial charge in [-0.3, -0.25) is 10.1 Å². The van der Waals surface area contributed by atoms with E-state index in [9.17, 15) is 14.9 Å². The summed E-state index contributed by atoms with van der Waals surface area (Å²) in [6, 6.07) is 0.604. The van der Waals surface area contributed by atoms with Gasteiger partial charge in [-0.1, -0.05) is 6.92 Å². The molecule has 0 bridgehead atoms. The highest BCUT2D eigenvalue weighted by atomic mass is 16.6. The van der Waals surface area contributed by atoms with Crippen molar-refractivity contribution in [1.29, 1.82) is 0 Å². The summed E-state index contributed by atoms with van der Waals surface area (Å²) in [6.07, 6.45) is 1.50. The Bertz CT molecular complexity index is 447. The smallest absolute Gasteiger partial charge is 0.326 e. The van der Waals surface area contributed by atoms with Crippen molar-refractivity contribution in [2.24, 2.45) is 0 Å². The molecule has 1 aromatic rings. The van der Waals surface area contributed by atoms with Gasteiger partial charge in [0.1, 0.15) is 18.1 Å². The van der Waals surface area contributed by atoms with Crippen molar-refractivity contribution >= 4 is 17.5 Å². The Hall–Kier alpha value is -2.18. The van der Waals surface area contributed by atoms with Crippen LogP contribution in [0.15, 0.2) is 12.3 Å². The first-order chi connectivity index (χ1) is 7.95. The number of pyridine rings is 1. The van der Waals surface area contributed by atoms with Gasteiger partial charge in [0.15, 0.2) is 0 Å². The van der Waals surface area contributed by atoms with Crippen molar-refractivity contribution in [3.8, 4) is 0 Å². The summed E-state index contributed by atoms with van der Waals surface area (Å²) in [4.78, 5) is 24.6. The highest BCUT2D eigenvalue weighted by Crippen LogP contribution is 2.18. The number of nitrogens with zero attached hydrogens (tertiary/aromatic N) is 2. The number of carboxylic acids is 1. The van der Waals surface area contributed by atoms with Gasteiger partial charge in [-0.2, -0.15) is 0 Å². The van der Waals surface area contributed by atoms with Crippen LogP contribution in [0, 0.1) is 17.0 Å². The van der Waals surface area contributed by atoms with Gasteiger partial charge in [0.05, 0.1) is 4.92 Å². The quantitative estimate of drug-likeness (QED) is 0.596. The standard InChI is InChI=1S/C10H13N3O4/c1-3-8(10(14)15)12-9-6(2)4-7(5-11-9)13(16)17/h4-5,8H,3H2,1-2H3,(H,11,12)(H,14,15). The molecular formula is C10H13N3O4.